The number of hydrogen-bond donors (Lipinski definition) is 0. The number of aromatic nitrogens is 3. The first-order valence-electron chi connectivity index (χ1n) is 4.72. The Kier molecular flexibility index (Phi) is 2.41. The second kappa shape index (κ2) is 3.73. The maximum atomic E-state index is 5.35. The van der Waals surface area contributed by atoms with E-state index < -0.39 is 0 Å². The summed E-state index contributed by atoms with van der Waals surface area (Å²) in [7, 11) is 3.51. The zero-order valence-electron chi connectivity index (χ0n) is 9.06. The van der Waals surface area contributed by atoms with Crippen LogP contribution in [0.1, 0.15) is 5.56 Å². The van der Waals surface area contributed by atoms with E-state index in [9.17, 15) is 0 Å². The van der Waals surface area contributed by atoms with E-state index >= 15 is 0 Å². The minimum atomic E-state index is 0.693. The Morgan fingerprint density at radius 3 is 2.73 bits per heavy atom. The van der Waals surface area contributed by atoms with E-state index in [0.29, 0.717) is 5.82 Å². The number of para-hydroxylation sites is 1. The number of hydrogen-bond acceptors (Lipinski definition) is 3. The maximum Gasteiger partial charge on any atom is 0.184 e. The first-order valence-corrected chi connectivity index (χ1v) is 4.72. The summed E-state index contributed by atoms with van der Waals surface area (Å²) in [5.74, 6) is 1.53. The van der Waals surface area contributed by atoms with Gasteiger partial charge in [0.15, 0.2) is 5.82 Å². The Balaban J connectivity index is 2.57. The van der Waals surface area contributed by atoms with E-state index in [-0.39, 0.29) is 0 Å². The highest BCUT2D eigenvalue weighted by atomic mass is 16.5. The van der Waals surface area contributed by atoms with Gasteiger partial charge in [-0.2, -0.15) is 5.10 Å². The monoisotopic (exact) mass is 203 g/mol. The fourth-order valence-corrected chi connectivity index (χ4v) is 1.56. The third kappa shape index (κ3) is 1.70. The SMILES string of the molecule is COc1c(C)cccc1-c1ncn(C)n1. The van der Waals surface area contributed by atoms with Gasteiger partial charge in [0.2, 0.25) is 0 Å². The smallest absolute Gasteiger partial charge is 0.184 e. The molecule has 0 spiro atoms. The van der Waals surface area contributed by atoms with Crippen LogP contribution in [0.3, 0.4) is 0 Å². The van der Waals surface area contributed by atoms with Gasteiger partial charge in [-0.05, 0) is 18.6 Å². The summed E-state index contributed by atoms with van der Waals surface area (Å²) in [5, 5.41) is 4.26. The molecular weight excluding hydrogens is 190 g/mol. The minimum Gasteiger partial charge on any atom is -0.496 e. The van der Waals surface area contributed by atoms with Crippen molar-refractivity contribution in [1.82, 2.24) is 14.8 Å². The van der Waals surface area contributed by atoms with Gasteiger partial charge in [-0.25, -0.2) is 4.98 Å². The summed E-state index contributed by atoms with van der Waals surface area (Å²) in [6.45, 7) is 2.01. The molecule has 0 unspecified atom stereocenters. The van der Waals surface area contributed by atoms with E-state index in [0.717, 1.165) is 16.9 Å². The van der Waals surface area contributed by atoms with Crippen molar-refractivity contribution in [2.75, 3.05) is 7.11 Å². The van der Waals surface area contributed by atoms with E-state index in [1.807, 2.05) is 32.2 Å². The quantitative estimate of drug-likeness (QED) is 0.747. The van der Waals surface area contributed by atoms with E-state index in [1.54, 1.807) is 18.1 Å². The van der Waals surface area contributed by atoms with Crippen LogP contribution >= 0.6 is 0 Å². The first-order chi connectivity index (χ1) is 7.22. The number of rotatable bonds is 2. The standard InChI is InChI=1S/C11H13N3O/c1-8-5-4-6-9(10(8)15-3)11-12-7-14(2)13-11/h4-7H,1-3H3. The van der Waals surface area contributed by atoms with Gasteiger partial charge in [0.25, 0.3) is 0 Å². The van der Waals surface area contributed by atoms with Crippen molar-refractivity contribution in [3.05, 3.63) is 30.1 Å². The van der Waals surface area contributed by atoms with Gasteiger partial charge in [-0.3, -0.25) is 4.68 Å². The van der Waals surface area contributed by atoms with Gasteiger partial charge in [0.1, 0.15) is 12.1 Å². The van der Waals surface area contributed by atoms with Crippen molar-refractivity contribution in [3.63, 3.8) is 0 Å². The molecule has 4 heteroatoms. The summed E-state index contributed by atoms with van der Waals surface area (Å²) in [4.78, 5) is 4.21. The normalized spacial score (nSPS) is 10.3. The summed E-state index contributed by atoms with van der Waals surface area (Å²) in [5.41, 5.74) is 2.01. The predicted molar refractivity (Wildman–Crippen MR) is 57.7 cm³/mol. The van der Waals surface area contributed by atoms with Crippen molar-refractivity contribution in [1.29, 1.82) is 0 Å². The largest absolute Gasteiger partial charge is 0.496 e. The average Bonchev–Trinajstić information content (AvgIpc) is 2.64. The molecule has 15 heavy (non-hydrogen) atoms. The molecule has 0 saturated heterocycles. The van der Waals surface area contributed by atoms with E-state index in [1.165, 1.54) is 0 Å². The van der Waals surface area contributed by atoms with Gasteiger partial charge in [-0.1, -0.05) is 12.1 Å². The number of benzene rings is 1. The van der Waals surface area contributed by atoms with Crippen LogP contribution in [-0.2, 0) is 7.05 Å². The molecule has 2 rings (SSSR count). The third-order valence-electron chi connectivity index (χ3n) is 2.26. The van der Waals surface area contributed by atoms with Crippen molar-refractivity contribution in [2.24, 2.45) is 7.05 Å². The molecule has 0 aliphatic rings. The second-order valence-electron chi connectivity index (χ2n) is 3.40. The summed E-state index contributed by atoms with van der Waals surface area (Å²) >= 11 is 0. The number of aryl methyl sites for hydroxylation is 2. The van der Waals surface area contributed by atoms with Crippen molar-refractivity contribution in [3.8, 4) is 17.1 Å². The molecule has 1 aromatic carbocycles. The Hall–Kier alpha value is -1.84. The van der Waals surface area contributed by atoms with Gasteiger partial charge < -0.3 is 4.74 Å². The van der Waals surface area contributed by atoms with Crippen molar-refractivity contribution < 1.29 is 4.74 Å². The zero-order valence-corrected chi connectivity index (χ0v) is 9.06. The Labute approximate surface area is 88.5 Å². The van der Waals surface area contributed by atoms with E-state index in [4.69, 9.17) is 4.74 Å². The molecule has 0 saturated carbocycles. The van der Waals surface area contributed by atoms with Crippen LogP contribution in [0.25, 0.3) is 11.4 Å². The Bertz CT molecular complexity index is 476. The van der Waals surface area contributed by atoms with Crippen LogP contribution in [0.4, 0.5) is 0 Å². The van der Waals surface area contributed by atoms with Crippen LogP contribution in [0.2, 0.25) is 0 Å². The fourth-order valence-electron chi connectivity index (χ4n) is 1.56. The lowest BCUT2D eigenvalue weighted by Gasteiger charge is -2.07. The highest BCUT2D eigenvalue weighted by Crippen LogP contribution is 2.29. The van der Waals surface area contributed by atoms with E-state index in [2.05, 4.69) is 10.1 Å². The molecule has 1 aromatic heterocycles. The molecule has 0 aliphatic carbocycles. The molecule has 4 nitrogen and oxygen atoms in total. The molecular formula is C11H13N3O. The molecule has 0 aliphatic heterocycles. The van der Waals surface area contributed by atoms with Gasteiger partial charge in [0, 0.05) is 7.05 Å². The Morgan fingerprint density at radius 1 is 1.33 bits per heavy atom. The number of ether oxygens (including phenoxy) is 1. The molecule has 0 amide bonds. The van der Waals surface area contributed by atoms with Crippen molar-refractivity contribution in [2.45, 2.75) is 6.92 Å². The van der Waals surface area contributed by atoms with Crippen LogP contribution < -0.4 is 4.74 Å². The lowest BCUT2D eigenvalue weighted by Crippen LogP contribution is -1.93. The summed E-state index contributed by atoms with van der Waals surface area (Å²) in [6.07, 6.45) is 1.68. The van der Waals surface area contributed by atoms with Crippen LogP contribution in [0, 0.1) is 6.92 Å². The third-order valence-corrected chi connectivity index (χ3v) is 2.26. The minimum absolute atomic E-state index is 0.693. The molecule has 0 atom stereocenters. The summed E-state index contributed by atoms with van der Waals surface area (Å²) < 4.78 is 7.03. The first kappa shape index (κ1) is 9.71. The second-order valence-corrected chi connectivity index (χ2v) is 3.40. The van der Waals surface area contributed by atoms with Crippen LogP contribution in [0.5, 0.6) is 5.75 Å². The maximum absolute atomic E-state index is 5.35. The molecule has 0 radical (unpaired) electrons. The molecule has 78 valence electrons. The topological polar surface area (TPSA) is 39.9 Å². The van der Waals surface area contributed by atoms with Crippen LogP contribution in [-0.4, -0.2) is 21.9 Å². The predicted octanol–water partition coefficient (Wildman–Crippen LogP) is 1.80. The lowest BCUT2D eigenvalue weighted by molar-refractivity contribution is 0.413. The van der Waals surface area contributed by atoms with Crippen molar-refractivity contribution >= 4 is 0 Å². The Morgan fingerprint density at radius 2 is 2.13 bits per heavy atom. The van der Waals surface area contributed by atoms with Gasteiger partial charge in [0.05, 0.1) is 12.7 Å². The zero-order chi connectivity index (χ0) is 10.8. The van der Waals surface area contributed by atoms with Gasteiger partial charge >= 0.3 is 0 Å². The van der Waals surface area contributed by atoms with Crippen LogP contribution in [0.15, 0.2) is 24.5 Å². The molecule has 0 fully saturated rings. The lowest BCUT2D eigenvalue weighted by atomic mass is 10.1. The summed E-state index contributed by atoms with van der Waals surface area (Å²) in [6, 6.07) is 5.94. The average molecular weight is 203 g/mol. The number of methoxy groups -OCH3 is 1. The molecule has 1 heterocycles. The molecule has 2 aromatic rings. The molecule has 0 N–H and O–H groups in total. The highest BCUT2D eigenvalue weighted by molar-refractivity contribution is 5.65. The fraction of sp³-hybridized carbons (Fsp3) is 0.273. The number of nitrogens with zero attached hydrogens (tertiary/aromatic N) is 3. The highest BCUT2D eigenvalue weighted by Gasteiger charge is 2.11. The molecule has 0 bridgehead atoms. The van der Waals surface area contributed by atoms with Gasteiger partial charge in [-0.15, -0.1) is 0 Å².